The highest BCUT2D eigenvalue weighted by Gasteiger charge is 2.47. The van der Waals surface area contributed by atoms with Crippen molar-refractivity contribution in [1.82, 2.24) is 15.5 Å². The van der Waals surface area contributed by atoms with Crippen LogP contribution in [0.25, 0.3) is 0 Å². The number of hydrogen-bond acceptors (Lipinski definition) is 4. The molecule has 1 aliphatic heterocycles. The van der Waals surface area contributed by atoms with Crippen LogP contribution < -0.4 is 15.4 Å². The van der Waals surface area contributed by atoms with Crippen LogP contribution in [0.15, 0.2) is 78.9 Å². The molecule has 5 rings (SSSR count). The quantitative estimate of drug-likeness (QED) is 0.485. The second kappa shape index (κ2) is 10.2. The number of benzene rings is 3. The van der Waals surface area contributed by atoms with Crippen molar-refractivity contribution in [2.24, 2.45) is 0 Å². The van der Waals surface area contributed by atoms with Crippen LogP contribution in [0.5, 0.6) is 5.75 Å². The first kappa shape index (κ1) is 23.6. The zero-order valence-corrected chi connectivity index (χ0v) is 20.1. The third-order valence-electron chi connectivity index (χ3n) is 6.57. The van der Waals surface area contributed by atoms with Gasteiger partial charge >= 0.3 is 0 Å². The van der Waals surface area contributed by atoms with Crippen molar-refractivity contribution in [3.05, 3.63) is 101 Å². The first-order valence-electron chi connectivity index (χ1n) is 12.3. The van der Waals surface area contributed by atoms with Gasteiger partial charge < -0.3 is 20.3 Å². The summed E-state index contributed by atoms with van der Waals surface area (Å²) in [6.07, 6.45) is 1.79. The van der Waals surface area contributed by atoms with Crippen molar-refractivity contribution in [3.8, 4) is 5.75 Å². The van der Waals surface area contributed by atoms with Gasteiger partial charge in [0.25, 0.3) is 5.91 Å². The van der Waals surface area contributed by atoms with E-state index >= 15 is 0 Å². The summed E-state index contributed by atoms with van der Waals surface area (Å²) in [6, 6.07) is 23.5. The Hall–Kier alpha value is -4.13. The molecule has 2 N–H and O–H groups in total. The summed E-state index contributed by atoms with van der Waals surface area (Å²) in [5, 5.41) is 5.81. The van der Waals surface area contributed by atoms with Crippen molar-refractivity contribution in [3.63, 3.8) is 0 Å². The van der Waals surface area contributed by atoms with Crippen LogP contribution in [0.3, 0.4) is 0 Å². The molecule has 7 heteroatoms. The van der Waals surface area contributed by atoms with Crippen molar-refractivity contribution in [1.29, 1.82) is 0 Å². The van der Waals surface area contributed by atoms with Crippen molar-refractivity contribution < 1.29 is 19.1 Å². The monoisotopic (exact) mass is 483 g/mol. The summed E-state index contributed by atoms with van der Waals surface area (Å²) >= 11 is 0. The molecule has 3 aromatic rings. The summed E-state index contributed by atoms with van der Waals surface area (Å²) in [4.78, 5) is 40.8. The maximum absolute atomic E-state index is 13.2. The summed E-state index contributed by atoms with van der Waals surface area (Å²) < 4.78 is 5.54. The molecule has 0 aromatic heterocycles. The van der Waals surface area contributed by atoms with E-state index < -0.39 is 6.04 Å². The Morgan fingerprint density at radius 3 is 2.31 bits per heavy atom. The highest BCUT2D eigenvalue weighted by molar-refractivity contribution is 6.05. The average Bonchev–Trinajstić information content (AvgIpc) is 3.71. The van der Waals surface area contributed by atoms with Crippen LogP contribution in [0.4, 0.5) is 0 Å². The van der Waals surface area contributed by atoms with E-state index in [-0.39, 0.29) is 36.3 Å². The highest BCUT2D eigenvalue weighted by atomic mass is 16.5. The van der Waals surface area contributed by atoms with E-state index in [0.29, 0.717) is 17.7 Å². The van der Waals surface area contributed by atoms with E-state index in [1.807, 2.05) is 73.7 Å². The predicted octanol–water partition coefficient (Wildman–Crippen LogP) is 3.77. The van der Waals surface area contributed by atoms with E-state index in [9.17, 15) is 14.4 Å². The number of hydrogen-bond donors (Lipinski definition) is 2. The van der Waals surface area contributed by atoms with Gasteiger partial charge in [0.2, 0.25) is 11.8 Å². The normalized spacial score (nSPS) is 17.3. The lowest BCUT2D eigenvalue weighted by Gasteiger charge is -2.25. The molecule has 0 saturated heterocycles. The zero-order valence-electron chi connectivity index (χ0n) is 20.1. The van der Waals surface area contributed by atoms with Crippen LogP contribution in [0, 0.1) is 0 Å². The Balaban J connectivity index is 1.29. The molecule has 1 aliphatic carbocycles. The SMILES string of the molecule is CCOc1ccc([C@@H](NC(=O)CNC(=O)[C@H]2c3ccccc3C(=O)N2C2CC2)c2ccccc2)cc1. The summed E-state index contributed by atoms with van der Waals surface area (Å²) in [6.45, 7) is 2.32. The second-order valence-corrected chi connectivity index (χ2v) is 9.06. The molecule has 184 valence electrons. The van der Waals surface area contributed by atoms with Crippen LogP contribution in [0.1, 0.15) is 58.9 Å². The molecule has 3 aromatic carbocycles. The van der Waals surface area contributed by atoms with Gasteiger partial charge in [-0.2, -0.15) is 0 Å². The number of nitrogens with zero attached hydrogens (tertiary/aromatic N) is 1. The van der Waals surface area contributed by atoms with Crippen LogP contribution in [-0.2, 0) is 9.59 Å². The van der Waals surface area contributed by atoms with Gasteiger partial charge in [0.1, 0.15) is 11.8 Å². The molecule has 7 nitrogen and oxygen atoms in total. The molecule has 1 heterocycles. The predicted molar refractivity (Wildman–Crippen MR) is 135 cm³/mol. The third kappa shape index (κ3) is 4.82. The second-order valence-electron chi connectivity index (χ2n) is 9.06. The molecule has 36 heavy (non-hydrogen) atoms. The van der Waals surface area contributed by atoms with Gasteiger partial charge in [0.05, 0.1) is 19.2 Å². The lowest BCUT2D eigenvalue weighted by atomic mass is 9.98. The van der Waals surface area contributed by atoms with E-state index in [1.165, 1.54) is 0 Å². The summed E-state index contributed by atoms with van der Waals surface area (Å²) in [7, 11) is 0. The number of carbonyl (C=O) groups is 3. The highest BCUT2D eigenvalue weighted by Crippen LogP contribution is 2.41. The Kier molecular flexibility index (Phi) is 6.71. The summed E-state index contributed by atoms with van der Waals surface area (Å²) in [5.41, 5.74) is 3.09. The minimum atomic E-state index is -0.704. The smallest absolute Gasteiger partial charge is 0.255 e. The number of nitrogens with one attached hydrogen (secondary N) is 2. The maximum Gasteiger partial charge on any atom is 0.255 e. The molecule has 0 spiro atoms. The molecule has 2 atom stereocenters. The van der Waals surface area contributed by atoms with Gasteiger partial charge in [0.15, 0.2) is 0 Å². The average molecular weight is 484 g/mol. The third-order valence-corrected chi connectivity index (χ3v) is 6.57. The topological polar surface area (TPSA) is 87.7 Å². The van der Waals surface area contributed by atoms with E-state index in [1.54, 1.807) is 17.0 Å². The zero-order chi connectivity index (χ0) is 25.1. The largest absolute Gasteiger partial charge is 0.494 e. The Morgan fingerprint density at radius 1 is 0.944 bits per heavy atom. The van der Waals surface area contributed by atoms with Gasteiger partial charge in [-0.25, -0.2) is 0 Å². The van der Waals surface area contributed by atoms with E-state index in [2.05, 4.69) is 10.6 Å². The fourth-order valence-corrected chi connectivity index (χ4v) is 4.74. The molecule has 0 bridgehead atoms. The van der Waals surface area contributed by atoms with Gasteiger partial charge in [-0.3, -0.25) is 14.4 Å². The van der Waals surface area contributed by atoms with E-state index in [4.69, 9.17) is 4.74 Å². The van der Waals surface area contributed by atoms with Crippen molar-refractivity contribution in [2.45, 2.75) is 37.9 Å². The Labute approximate surface area is 210 Å². The lowest BCUT2D eigenvalue weighted by Crippen LogP contribution is -2.44. The fourth-order valence-electron chi connectivity index (χ4n) is 4.74. The van der Waals surface area contributed by atoms with Crippen molar-refractivity contribution >= 4 is 17.7 Å². The van der Waals surface area contributed by atoms with Gasteiger partial charge in [-0.15, -0.1) is 0 Å². The Morgan fingerprint density at radius 2 is 1.61 bits per heavy atom. The maximum atomic E-state index is 13.2. The van der Waals surface area contributed by atoms with Crippen LogP contribution >= 0.6 is 0 Å². The minimum Gasteiger partial charge on any atom is -0.494 e. The Bertz CT molecular complexity index is 1260. The molecular formula is C29H29N3O4. The van der Waals surface area contributed by atoms with E-state index in [0.717, 1.165) is 29.7 Å². The van der Waals surface area contributed by atoms with Crippen LogP contribution in [-0.4, -0.2) is 41.8 Å². The summed E-state index contributed by atoms with van der Waals surface area (Å²) in [5.74, 6) is -0.00931. The fraction of sp³-hybridized carbons (Fsp3) is 0.276. The minimum absolute atomic E-state index is 0.0802. The number of fused-ring (bicyclic) bond motifs is 1. The number of ether oxygens (including phenoxy) is 1. The number of carbonyl (C=O) groups excluding carboxylic acids is 3. The molecule has 0 unspecified atom stereocenters. The van der Waals surface area contributed by atoms with Gasteiger partial charge in [0, 0.05) is 11.6 Å². The van der Waals surface area contributed by atoms with Gasteiger partial charge in [-0.05, 0) is 54.7 Å². The molecular weight excluding hydrogens is 454 g/mol. The number of rotatable bonds is 9. The first-order chi connectivity index (χ1) is 17.6. The van der Waals surface area contributed by atoms with Crippen molar-refractivity contribution in [2.75, 3.05) is 13.2 Å². The molecule has 1 saturated carbocycles. The lowest BCUT2D eigenvalue weighted by molar-refractivity contribution is -0.129. The van der Waals surface area contributed by atoms with Crippen LogP contribution in [0.2, 0.25) is 0 Å². The molecule has 2 aliphatic rings. The molecule has 0 radical (unpaired) electrons. The standard InChI is InChI=1S/C29H29N3O4/c1-2-36-22-16-12-20(13-17-22)26(19-8-4-3-5-9-19)31-25(33)18-30-28(34)27-23-10-6-7-11-24(23)29(35)32(27)21-14-15-21/h3-13,16-17,21,26-27H,2,14-15,18H2,1H3,(H,30,34)(H,31,33)/t26-,27+/m0/s1. The van der Waals surface area contributed by atoms with Gasteiger partial charge in [-0.1, -0.05) is 60.7 Å². The first-order valence-corrected chi connectivity index (χ1v) is 12.3. The molecule has 1 fully saturated rings. The number of amides is 3. The molecule has 3 amide bonds.